The number of aliphatic hydroxyl groups excluding tert-OH is 2. The minimum Gasteiger partial charge on any atom is -0.387 e. The highest BCUT2D eigenvalue weighted by Crippen LogP contribution is 2.66. The molecule has 2 aromatic heterocycles. The third kappa shape index (κ3) is 6.14. The zero-order valence-corrected chi connectivity index (χ0v) is 18.9. The molecule has 0 saturated carbocycles. The number of aliphatic hydroxyl groups is 2. The number of rotatable bonds is 9. The van der Waals surface area contributed by atoms with Crippen molar-refractivity contribution in [2.45, 2.75) is 24.5 Å². The van der Waals surface area contributed by atoms with E-state index in [1.165, 1.54) is 0 Å². The summed E-state index contributed by atoms with van der Waals surface area (Å²) in [4.78, 5) is 49.8. The lowest BCUT2D eigenvalue weighted by molar-refractivity contribution is -0.0503. The first-order valence-corrected chi connectivity index (χ1v) is 13.0. The molecule has 1 fully saturated rings. The van der Waals surface area contributed by atoms with E-state index in [0.29, 0.717) is 0 Å². The Morgan fingerprint density at radius 3 is 2.44 bits per heavy atom. The molecule has 3 rings (SSSR count). The molecule has 0 amide bonds. The Morgan fingerprint density at radius 1 is 1.15 bits per heavy atom. The molecule has 8 N–H and O–H groups in total. The van der Waals surface area contributed by atoms with Crippen LogP contribution in [0, 0.1) is 0 Å². The molecule has 3 heterocycles. The molecule has 34 heavy (non-hydrogen) atoms. The predicted molar refractivity (Wildman–Crippen MR) is 104 cm³/mol. The van der Waals surface area contributed by atoms with Gasteiger partial charge in [-0.3, -0.25) is 9.09 Å². The monoisotopic (exact) mass is 548 g/mol. The van der Waals surface area contributed by atoms with Gasteiger partial charge < -0.3 is 40.3 Å². The maximum absolute atomic E-state index is 11.8. The van der Waals surface area contributed by atoms with Gasteiger partial charge in [0.1, 0.15) is 23.8 Å². The zero-order valence-electron chi connectivity index (χ0n) is 16.2. The molecular weight excluding hydrogens is 533 g/mol. The number of nitrogen functional groups attached to an aromatic ring is 1. The van der Waals surface area contributed by atoms with Crippen molar-refractivity contribution in [2.24, 2.45) is 5.11 Å². The number of azide groups is 1. The van der Waals surface area contributed by atoms with E-state index in [-0.39, 0.29) is 22.9 Å². The molecule has 21 nitrogen and oxygen atoms in total. The van der Waals surface area contributed by atoms with Gasteiger partial charge in [-0.1, -0.05) is 0 Å². The SMILES string of the molecule is [N-]=[N+]=Nc1nc(N)c2ncn([C@@H]3O[C@H](COP(=O)(O)OP(=O)(O)OP(=O)(O)O)[C@@H](O)[C@H]3O)c2n1. The number of ether oxygens (including phenoxy) is 1. The number of nitrogens with zero attached hydrogens (tertiary/aromatic N) is 7. The van der Waals surface area contributed by atoms with E-state index >= 15 is 0 Å². The highest BCUT2D eigenvalue weighted by atomic mass is 31.3. The third-order valence-electron chi connectivity index (χ3n) is 4.00. The summed E-state index contributed by atoms with van der Waals surface area (Å²) < 4.78 is 51.9. The quantitative estimate of drug-likeness (QED) is 0.0882. The molecule has 0 radical (unpaired) electrons. The van der Waals surface area contributed by atoms with Gasteiger partial charge >= 0.3 is 23.5 Å². The molecule has 0 spiro atoms. The summed E-state index contributed by atoms with van der Waals surface area (Å²) in [5.41, 5.74) is 14.2. The molecule has 1 aliphatic heterocycles. The van der Waals surface area contributed by atoms with Crippen LogP contribution in [-0.4, -0.2) is 74.2 Å². The van der Waals surface area contributed by atoms with Crippen LogP contribution in [-0.2, 0) is 31.6 Å². The highest BCUT2D eigenvalue weighted by molar-refractivity contribution is 7.66. The van der Waals surface area contributed by atoms with E-state index in [4.69, 9.17) is 30.7 Å². The lowest BCUT2D eigenvalue weighted by atomic mass is 10.1. The molecule has 2 unspecified atom stereocenters. The molecule has 0 aliphatic carbocycles. The smallest absolute Gasteiger partial charge is 0.387 e. The fraction of sp³-hybridized carbons (Fsp3) is 0.500. The summed E-state index contributed by atoms with van der Waals surface area (Å²) in [6, 6.07) is 0. The predicted octanol–water partition coefficient (Wildman–Crippen LogP) is -0.687. The number of phosphoric ester groups is 1. The first-order chi connectivity index (χ1) is 15.6. The summed E-state index contributed by atoms with van der Waals surface area (Å²) >= 11 is 0. The van der Waals surface area contributed by atoms with Gasteiger partial charge in [0.25, 0.3) is 0 Å². The van der Waals surface area contributed by atoms with Crippen LogP contribution in [0.1, 0.15) is 6.23 Å². The lowest BCUT2D eigenvalue weighted by Crippen LogP contribution is -2.33. The van der Waals surface area contributed by atoms with Crippen molar-refractivity contribution in [2.75, 3.05) is 12.3 Å². The average Bonchev–Trinajstić information content (AvgIpc) is 3.20. The molecule has 6 atom stereocenters. The van der Waals surface area contributed by atoms with Crippen LogP contribution in [0.4, 0.5) is 11.8 Å². The van der Waals surface area contributed by atoms with E-state index in [2.05, 4.69) is 38.1 Å². The number of fused-ring (bicyclic) bond motifs is 1. The van der Waals surface area contributed by atoms with Crippen molar-refractivity contribution in [3.63, 3.8) is 0 Å². The summed E-state index contributed by atoms with van der Waals surface area (Å²) in [5, 5.41) is 23.8. The van der Waals surface area contributed by atoms with Gasteiger partial charge in [-0.05, 0) is 10.6 Å². The van der Waals surface area contributed by atoms with E-state index in [0.717, 1.165) is 10.9 Å². The van der Waals surface area contributed by atoms with Crippen LogP contribution in [0.2, 0.25) is 0 Å². The molecule has 1 aliphatic rings. The minimum absolute atomic E-state index is 0.0268. The standard InChI is InChI=1S/C10H15N8O13P3/c11-7-4-8(15-10(14-7)16-17-12)18(2-13-4)9-6(20)5(19)3(29-9)1-28-33(24,25)31-34(26,27)30-32(21,22)23/h2-3,5-6,9,19-20H,1H2,(H,24,25)(H,26,27)(H2,11,14,15)(H2,21,22,23)/t3-,5-,6-,9-/m1/s1. The van der Waals surface area contributed by atoms with E-state index < -0.39 is 54.6 Å². The zero-order chi connectivity index (χ0) is 25.5. The second-order valence-corrected chi connectivity index (χ2v) is 10.8. The fourth-order valence-corrected chi connectivity index (χ4v) is 5.79. The van der Waals surface area contributed by atoms with Crippen LogP contribution >= 0.6 is 23.5 Å². The second kappa shape index (κ2) is 9.54. The first kappa shape index (κ1) is 26.6. The van der Waals surface area contributed by atoms with Gasteiger partial charge in [-0.15, -0.1) is 0 Å². The van der Waals surface area contributed by atoms with Crippen LogP contribution in [0.25, 0.3) is 21.6 Å². The average molecular weight is 548 g/mol. The Labute approximate surface area is 186 Å². The Morgan fingerprint density at radius 2 is 1.82 bits per heavy atom. The van der Waals surface area contributed by atoms with Crippen molar-refractivity contribution in [3.8, 4) is 0 Å². The minimum atomic E-state index is -5.75. The Hall–Kier alpha value is -2.05. The highest BCUT2D eigenvalue weighted by Gasteiger charge is 2.47. The molecule has 0 aromatic carbocycles. The summed E-state index contributed by atoms with van der Waals surface area (Å²) in [5.74, 6) is -0.560. The van der Waals surface area contributed by atoms with Gasteiger partial charge in [0.15, 0.2) is 17.7 Å². The summed E-state index contributed by atoms with van der Waals surface area (Å²) in [6.45, 7) is -1.02. The van der Waals surface area contributed by atoms with Gasteiger partial charge in [-0.25, -0.2) is 28.6 Å². The first-order valence-electron chi connectivity index (χ1n) is 8.47. The molecule has 24 heteroatoms. The number of imidazole rings is 1. The maximum Gasteiger partial charge on any atom is 0.490 e. The van der Waals surface area contributed by atoms with Gasteiger partial charge in [-0.2, -0.15) is 8.62 Å². The number of hydrogen-bond donors (Lipinski definition) is 7. The van der Waals surface area contributed by atoms with E-state index in [1.54, 1.807) is 0 Å². The molecule has 2 aromatic rings. The molecule has 0 bridgehead atoms. The topological polar surface area (TPSA) is 328 Å². The molecule has 188 valence electrons. The van der Waals surface area contributed by atoms with Crippen LogP contribution in [0.3, 0.4) is 0 Å². The Bertz CT molecular complexity index is 1280. The summed E-state index contributed by atoms with van der Waals surface area (Å²) in [6.07, 6.45) is -5.33. The van der Waals surface area contributed by atoms with Crippen LogP contribution in [0.5, 0.6) is 0 Å². The molecule has 1 saturated heterocycles. The van der Waals surface area contributed by atoms with Crippen LogP contribution < -0.4 is 5.73 Å². The number of nitrogens with two attached hydrogens (primary N) is 1. The normalized spacial score (nSPS) is 26.6. The number of aromatic nitrogens is 4. The van der Waals surface area contributed by atoms with Crippen molar-refractivity contribution in [1.82, 2.24) is 19.5 Å². The fourth-order valence-electron chi connectivity index (χ4n) is 2.76. The van der Waals surface area contributed by atoms with Crippen molar-refractivity contribution in [3.05, 3.63) is 16.8 Å². The van der Waals surface area contributed by atoms with Crippen molar-refractivity contribution < 1.29 is 61.4 Å². The van der Waals surface area contributed by atoms with Crippen molar-refractivity contribution >= 4 is 46.4 Å². The second-order valence-electron chi connectivity index (χ2n) is 6.36. The van der Waals surface area contributed by atoms with E-state index in [1.807, 2.05) is 0 Å². The van der Waals surface area contributed by atoms with Gasteiger partial charge in [0.2, 0.25) is 5.95 Å². The van der Waals surface area contributed by atoms with Crippen molar-refractivity contribution in [1.29, 1.82) is 0 Å². The number of hydrogen-bond acceptors (Lipinski definition) is 14. The van der Waals surface area contributed by atoms with Gasteiger partial charge in [0.05, 0.1) is 12.9 Å². The largest absolute Gasteiger partial charge is 0.490 e. The van der Waals surface area contributed by atoms with Gasteiger partial charge in [0, 0.05) is 4.91 Å². The number of phosphoric acid groups is 3. The maximum atomic E-state index is 11.8. The lowest BCUT2D eigenvalue weighted by Gasteiger charge is -2.19. The molecular formula is C10H15N8O13P3. The number of anilines is 1. The Balaban J connectivity index is 1.76. The Kier molecular flexibility index (Phi) is 7.45. The van der Waals surface area contributed by atoms with Crippen LogP contribution in [0.15, 0.2) is 11.4 Å². The summed E-state index contributed by atoms with van der Waals surface area (Å²) in [7, 11) is -16.8. The third-order valence-corrected chi connectivity index (χ3v) is 7.80. The van der Waals surface area contributed by atoms with E-state index in [9.17, 15) is 28.8 Å².